The van der Waals surface area contributed by atoms with E-state index in [1.54, 1.807) is 0 Å². The minimum atomic E-state index is -1.10. The minimum Gasteiger partial charge on any atom is -0.480 e. The summed E-state index contributed by atoms with van der Waals surface area (Å²) in [6.07, 6.45) is 3.02. The van der Waals surface area contributed by atoms with Gasteiger partial charge in [0, 0.05) is 12.8 Å². The fourth-order valence-corrected chi connectivity index (χ4v) is 3.43. The van der Waals surface area contributed by atoms with Gasteiger partial charge in [0.25, 0.3) is 0 Å². The number of carboxylic acid groups (broad SMARTS) is 1. The minimum absolute atomic E-state index is 0.126. The van der Waals surface area contributed by atoms with Crippen molar-refractivity contribution in [2.45, 2.75) is 44.1 Å². The van der Waals surface area contributed by atoms with E-state index in [4.69, 9.17) is 4.52 Å². The lowest BCUT2D eigenvalue weighted by molar-refractivity contribution is -0.147. The number of aliphatic carboxylic acids is 1. The van der Waals surface area contributed by atoms with Crippen LogP contribution in [0.5, 0.6) is 0 Å². The highest BCUT2D eigenvalue weighted by Gasteiger charge is 2.42. The number of nitrogens with one attached hydrogen (secondary N) is 1. The summed E-state index contributed by atoms with van der Waals surface area (Å²) in [7, 11) is 0. The molecule has 0 aliphatic heterocycles. The lowest BCUT2D eigenvalue weighted by Gasteiger charge is -2.25. The Balaban J connectivity index is 1.56. The molecule has 0 saturated heterocycles. The van der Waals surface area contributed by atoms with Crippen molar-refractivity contribution in [1.82, 2.24) is 15.5 Å². The number of carbonyl (C=O) groups excluding carboxylic acids is 1. The fraction of sp³-hybridized carbons (Fsp3) is 0.467. The van der Waals surface area contributed by atoms with E-state index in [0.29, 0.717) is 31.0 Å². The van der Waals surface area contributed by atoms with E-state index in [9.17, 15) is 14.7 Å². The Kier molecular flexibility index (Phi) is 4.42. The van der Waals surface area contributed by atoms with Crippen molar-refractivity contribution < 1.29 is 19.2 Å². The second-order valence-corrected chi connectivity index (χ2v) is 6.58. The second kappa shape index (κ2) is 6.49. The quantitative estimate of drug-likeness (QED) is 0.839. The third kappa shape index (κ3) is 3.42. The molecule has 0 atom stereocenters. The second-order valence-electron chi connectivity index (χ2n) is 5.63. The summed E-state index contributed by atoms with van der Waals surface area (Å²) >= 11 is 1.51. The van der Waals surface area contributed by atoms with Crippen LogP contribution in [0.25, 0.3) is 10.7 Å². The number of thiophene rings is 1. The monoisotopic (exact) mass is 335 g/mol. The molecule has 0 bridgehead atoms. The topological polar surface area (TPSA) is 105 Å². The first kappa shape index (κ1) is 15.7. The van der Waals surface area contributed by atoms with Crippen molar-refractivity contribution in [3.05, 3.63) is 23.4 Å². The summed E-state index contributed by atoms with van der Waals surface area (Å²) in [5.41, 5.74) is -1.10. The van der Waals surface area contributed by atoms with Gasteiger partial charge in [-0.2, -0.15) is 4.98 Å². The average Bonchev–Trinajstić information content (AvgIpc) is 3.26. The van der Waals surface area contributed by atoms with Crippen LogP contribution < -0.4 is 5.32 Å². The predicted molar refractivity (Wildman–Crippen MR) is 82.9 cm³/mol. The van der Waals surface area contributed by atoms with Gasteiger partial charge in [0.05, 0.1) is 4.88 Å². The summed E-state index contributed by atoms with van der Waals surface area (Å²) in [6, 6.07) is 3.79. The Morgan fingerprint density at radius 3 is 2.83 bits per heavy atom. The standard InChI is InChI=1S/C15H17N3O4S/c19-11(17-15(14(20)21)7-1-2-8-15)5-6-12-16-13(18-22-12)10-4-3-9-23-10/h3-4,9H,1-2,5-8H2,(H,17,19)(H,20,21). The lowest BCUT2D eigenvalue weighted by atomic mass is 9.97. The molecule has 0 spiro atoms. The Labute approximate surface area is 136 Å². The highest BCUT2D eigenvalue weighted by molar-refractivity contribution is 7.13. The smallest absolute Gasteiger partial charge is 0.329 e. The summed E-state index contributed by atoms with van der Waals surface area (Å²) in [4.78, 5) is 28.6. The first-order chi connectivity index (χ1) is 11.1. The maximum absolute atomic E-state index is 12.1. The molecule has 8 heteroatoms. The van der Waals surface area contributed by atoms with Crippen LogP contribution in [0.1, 0.15) is 38.0 Å². The summed E-state index contributed by atoms with van der Waals surface area (Å²) in [5.74, 6) is -0.376. The normalized spacial score (nSPS) is 16.3. The number of nitrogens with zero attached hydrogens (tertiary/aromatic N) is 2. The van der Waals surface area contributed by atoms with E-state index in [1.807, 2.05) is 17.5 Å². The van der Waals surface area contributed by atoms with Gasteiger partial charge in [-0.1, -0.05) is 24.1 Å². The molecule has 122 valence electrons. The molecule has 1 amide bonds. The molecule has 0 radical (unpaired) electrons. The first-order valence-corrected chi connectivity index (χ1v) is 8.38. The van der Waals surface area contributed by atoms with Crippen molar-refractivity contribution in [2.75, 3.05) is 0 Å². The van der Waals surface area contributed by atoms with E-state index >= 15 is 0 Å². The fourth-order valence-electron chi connectivity index (χ4n) is 2.78. The molecular weight excluding hydrogens is 318 g/mol. The van der Waals surface area contributed by atoms with Crippen molar-refractivity contribution in [2.24, 2.45) is 0 Å². The maximum atomic E-state index is 12.1. The summed E-state index contributed by atoms with van der Waals surface area (Å²) in [5, 5.41) is 17.8. The van der Waals surface area contributed by atoms with Gasteiger partial charge in [-0.05, 0) is 24.3 Å². The highest BCUT2D eigenvalue weighted by Crippen LogP contribution is 2.30. The van der Waals surface area contributed by atoms with Gasteiger partial charge in [-0.3, -0.25) is 4.79 Å². The number of rotatable bonds is 6. The van der Waals surface area contributed by atoms with Gasteiger partial charge in [-0.25, -0.2) is 4.79 Å². The van der Waals surface area contributed by atoms with Crippen LogP contribution in [0.2, 0.25) is 0 Å². The molecular formula is C15H17N3O4S. The molecule has 2 aromatic heterocycles. The van der Waals surface area contributed by atoms with E-state index in [0.717, 1.165) is 17.7 Å². The average molecular weight is 335 g/mol. The Morgan fingerprint density at radius 1 is 1.39 bits per heavy atom. The third-order valence-electron chi connectivity index (χ3n) is 4.02. The number of aromatic nitrogens is 2. The number of aryl methyl sites for hydroxylation is 1. The van der Waals surface area contributed by atoms with Gasteiger partial charge in [0.1, 0.15) is 5.54 Å². The zero-order chi connectivity index (χ0) is 16.3. The molecule has 2 heterocycles. The Hall–Kier alpha value is -2.22. The molecule has 23 heavy (non-hydrogen) atoms. The molecule has 1 aliphatic rings. The maximum Gasteiger partial charge on any atom is 0.329 e. The van der Waals surface area contributed by atoms with Crippen molar-refractivity contribution in [3.8, 4) is 10.7 Å². The van der Waals surface area contributed by atoms with Gasteiger partial charge in [-0.15, -0.1) is 11.3 Å². The van der Waals surface area contributed by atoms with E-state index < -0.39 is 11.5 Å². The Bertz CT molecular complexity index is 689. The molecule has 2 aromatic rings. The van der Waals surface area contributed by atoms with E-state index in [1.165, 1.54) is 11.3 Å². The van der Waals surface area contributed by atoms with Crippen molar-refractivity contribution in [1.29, 1.82) is 0 Å². The predicted octanol–water partition coefficient (Wildman–Crippen LogP) is 2.24. The number of carbonyl (C=O) groups is 2. The van der Waals surface area contributed by atoms with Crippen LogP contribution in [-0.4, -0.2) is 32.7 Å². The van der Waals surface area contributed by atoms with Crippen molar-refractivity contribution in [3.63, 3.8) is 0 Å². The van der Waals surface area contributed by atoms with Crippen LogP contribution >= 0.6 is 11.3 Å². The Morgan fingerprint density at radius 2 is 2.17 bits per heavy atom. The van der Waals surface area contributed by atoms with Gasteiger partial charge in [0.15, 0.2) is 0 Å². The molecule has 3 rings (SSSR count). The molecule has 1 fully saturated rings. The van der Waals surface area contributed by atoms with Gasteiger partial charge < -0.3 is 14.9 Å². The van der Waals surface area contributed by atoms with E-state index in [2.05, 4.69) is 15.5 Å². The molecule has 2 N–H and O–H groups in total. The summed E-state index contributed by atoms with van der Waals surface area (Å²) < 4.78 is 5.13. The first-order valence-electron chi connectivity index (χ1n) is 7.50. The van der Waals surface area contributed by atoms with E-state index in [-0.39, 0.29) is 12.3 Å². The van der Waals surface area contributed by atoms with Crippen LogP contribution in [0.3, 0.4) is 0 Å². The van der Waals surface area contributed by atoms with Crippen molar-refractivity contribution >= 4 is 23.2 Å². The zero-order valence-electron chi connectivity index (χ0n) is 12.4. The number of amides is 1. The van der Waals surface area contributed by atoms with Gasteiger partial charge >= 0.3 is 5.97 Å². The SMILES string of the molecule is O=C(CCc1nc(-c2cccs2)no1)NC1(C(=O)O)CCCC1. The molecule has 0 aromatic carbocycles. The molecule has 1 saturated carbocycles. The summed E-state index contributed by atoms with van der Waals surface area (Å²) in [6.45, 7) is 0. The largest absolute Gasteiger partial charge is 0.480 e. The number of carboxylic acids is 1. The highest BCUT2D eigenvalue weighted by atomic mass is 32.1. The lowest BCUT2D eigenvalue weighted by Crippen LogP contribution is -2.52. The third-order valence-corrected chi connectivity index (χ3v) is 4.89. The van der Waals surface area contributed by atoms with Crippen LogP contribution in [-0.2, 0) is 16.0 Å². The molecule has 7 nitrogen and oxygen atoms in total. The van der Waals surface area contributed by atoms with Gasteiger partial charge in [0.2, 0.25) is 17.6 Å². The number of hydrogen-bond donors (Lipinski definition) is 2. The van der Waals surface area contributed by atoms with Crippen LogP contribution in [0.15, 0.2) is 22.0 Å². The number of hydrogen-bond acceptors (Lipinski definition) is 6. The van der Waals surface area contributed by atoms with Crippen LogP contribution in [0, 0.1) is 0 Å². The molecule has 1 aliphatic carbocycles. The van der Waals surface area contributed by atoms with Crippen LogP contribution in [0.4, 0.5) is 0 Å². The zero-order valence-corrected chi connectivity index (χ0v) is 13.3. The molecule has 0 unspecified atom stereocenters.